The second-order valence-electron chi connectivity index (χ2n) is 7.23. The van der Waals surface area contributed by atoms with Gasteiger partial charge in [-0.15, -0.1) is 0 Å². The van der Waals surface area contributed by atoms with E-state index in [4.69, 9.17) is 0 Å². The fraction of sp³-hybridized carbons (Fsp3) is 0.632. The van der Waals surface area contributed by atoms with Crippen molar-refractivity contribution >= 4 is 16.9 Å². The highest BCUT2D eigenvalue weighted by atomic mass is 16.1. The Balaban J connectivity index is 1.72. The van der Waals surface area contributed by atoms with Crippen LogP contribution in [0, 0.1) is 5.92 Å². The van der Waals surface area contributed by atoms with Crippen LogP contribution in [0.5, 0.6) is 0 Å². The summed E-state index contributed by atoms with van der Waals surface area (Å²) in [5.74, 6) is 0.629. The monoisotopic (exact) mass is 328 g/mol. The molecular weight excluding hydrogens is 300 g/mol. The minimum atomic E-state index is -0.00454. The summed E-state index contributed by atoms with van der Waals surface area (Å²) in [4.78, 5) is 17.1. The van der Waals surface area contributed by atoms with Gasteiger partial charge in [0.1, 0.15) is 0 Å². The van der Waals surface area contributed by atoms with E-state index in [1.54, 1.807) is 12.4 Å². The molecule has 5 heteroatoms. The summed E-state index contributed by atoms with van der Waals surface area (Å²) in [6.45, 7) is 6.37. The third-order valence-electron chi connectivity index (χ3n) is 5.09. The fourth-order valence-electron chi connectivity index (χ4n) is 3.73. The minimum Gasteiger partial charge on any atom is -0.349 e. The van der Waals surface area contributed by atoms with E-state index in [9.17, 15) is 4.79 Å². The van der Waals surface area contributed by atoms with Gasteiger partial charge in [-0.2, -0.15) is 5.10 Å². The molecule has 1 amide bonds. The molecule has 1 aliphatic carbocycles. The zero-order valence-corrected chi connectivity index (χ0v) is 15.0. The molecule has 0 spiro atoms. The van der Waals surface area contributed by atoms with Crippen molar-refractivity contribution in [1.29, 1.82) is 0 Å². The number of amides is 1. The van der Waals surface area contributed by atoms with Gasteiger partial charge >= 0.3 is 0 Å². The Kier molecular flexibility index (Phi) is 5.17. The summed E-state index contributed by atoms with van der Waals surface area (Å²) in [5.41, 5.74) is 1.47. The lowest BCUT2D eigenvalue weighted by atomic mass is 9.96. The van der Waals surface area contributed by atoms with E-state index in [2.05, 4.69) is 36.2 Å². The lowest BCUT2D eigenvalue weighted by Crippen LogP contribution is -2.37. The van der Waals surface area contributed by atoms with Gasteiger partial charge in [0.2, 0.25) is 0 Å². The second kappa shape index (κ2) is 7.32. The highest BCUT2D eigenvalue weighted by Gasteiger charge is 2.28. The van der Waals surface area contributed by atoms with E-state index in [1.165, 1.54) is 32.1 Å². The van der Waals surface area contributed by atoms with Gasteiger partial charge in [-0.25, -0.2) is 9.67 Å². The van der Waals surface area contributed by atoms with E-state index in [-0.39, 0.29) is 11.9 Å². The van der Waals surface area contributed by atoms with Crippen LogP contribution in [0.1, 0.15) is 75.7 Å². The summed E-state index contributed by atoms with van der Waals surface area (Å²) >= 11 is 0. The van der Waals surface area contributed by atoms with E-state index >= 15 is 0 Å². The largest absolute Gasteiger partial charge is 0.349 e. The van der Waals surface area contributed by atoms with E-state index in [0.29, 0.717) is 17.5 Å². The summed E-state index contributed by atoms with van der Waals surface area (Å²) in [6, 6.07) is 2.48. The number of hydrogen-bond donors (Lipinski definition) is 1. The summed E-state index contributed by atoms with van der Waals surface area (Å²) in [5, 5.41) is 8.53. The molecule has 5 nitrogen and oxygen atoms in total. The van der Waals surface area contributed by atoms with Gasteiger partial charge in [-0.3, -0.25) is 4.79 Å². The van der Waals surface area contributed by atoms with Gasteiger partial charge in [0.25, 0.3) is 5.91 Å². The molecule has 2 heterocycles. The average molecular weight is 328 g/mol. The molecule has 2 unspecified atom stereocenters. The molecule has 1 fully saturated rings. The average Bonchev–Trinajstić information content (AvgIpc) is 3.18. The van der Waals surface area contributed by atoms with Crippen molar-refractivity contribution in [3.05, 3.63) is 24.0 Å². The molecule has 0 radical (unpaired) electrons. The van der Waals surface area contributed by atoms with Gasteiger partial charge in [-0.1, -0.05) is 26.2 Å². The summed E-state index contributed by atoms with van der Waals surface area (Å²) < 4.78 is 1.88. The van der Waals surface area contributed by atoms with Gasteiger partial charge in [0.15, 0.2) is 5.65 Å². The molecule has 0 aliphatic heterocycles. The number of pyridine rings is 1. The van der Waals surface area contributed by atoms with Crippen LogP contribution in [0.4, 0.5) is 0 Å². The maximum Gasteiger partial charge on any atom is 0.253 e. The molecule has 24 heavy (non-hydrogen) atoms. The van der Waals surface area contributed by atoms with Crippen LogP contribution in [0.15, 0.2) is 18.5 Å². The molecule has 0 bridgehead atoms. The van der Waals surface area contributed by atoms with Crippen molar-refractivity contribution in [2.45, 2.75) is 71.4 Å². The number of hydrogen-bond acceptors (Lipinski definition) is 3. The molecule has 1 N–H and O–H groups in total. The molecule has 2 aromatic rings. The number of fused-ring (bicyclic) bond motifs is 1. The minimum absolute atomic E-state index is 0.00454. The Morgan fingerprint density at radius 3 is 2.96 bits per heavy atom. The Bertz CT molecular complexity index is 706. The smallest absolute Gasteiger partial charge is 0.253 e. The van der Waals surface area contributed by atoms with Gasteiger partial charge in [0, 0.05) is 23.7 Å². The maximum absolute atomic E-state index is 12.6. The molecule has 0 saturated heterocycles. The zero-order valence-electron chi connectivity index (χ0n) is 15.0. The molecule has 2 atom stereocenters. The number of rotatable bonds is 6. The first-order valence-electron chi connectivity index (χ1n) is 9.24. The SMILES string of the molecule is CCCCC1CCCC1NC(=O)c1cnc2c(cnn2C(C)C)c1. The molecule has 130 valence electrons. The zero-order chi connectivity index (χ0) is 17.1. The van der Waals surface area contributed by atoms with Crippen LogP contribution in [0.2, 0.25) is 0 Å². The van der Waals surface area contributed by atoms with E-state index in [1.807, 2.05) is 10.7 Å². The number of carbonyl (C=O) groups is 1. The number of aromatic nitrogens is 3. The van der Waals surface area contributed by atoms with Crippen molar-refractivity contribution in [2.75, 3.05) is 0 Å². The Hall–Kier alpha value is -1.91. The lowest BCUT2D eigenvalue weighted by Gasteiger charge is -2.20. The fourth-order valence-corrected chi connectivity index (χ4v) is 3.73. The Morgan fingerprint density at radius 2 is 2.21 bits per heavy atom. The predicted molar refractivity (Wildman–Crippen MR) is 96.0 cm³/mol. The first kappa shape index (κ1) is 16.9. The normalized spacial score (nSPS) is 20.8. The molecule has 1 aliphatic rings. The van der Waals surface area contributed by atoms with Crippen molar-refractivity contribution in [3.63, 3.8) is 0 Å². The molecule has 3 rings (SSSR count). The van der Waals surface area contributed by atoms with Crippen LogP contribution in [0.3, 0.4) is 0 Å². The maximum atomic E-state index is 12.6. The van der Waals surface area contributed by atoms with Crippen LogP contribution in [-0.4, -0.2) is 26.7 Å². The second-order valence-corrected chi connectivity index (χ2v) is 7.23. The summed E-state index contributed by atoms with van der Waals surface area (Å²) in [7, 11) is 0. The molecular formula is C19H28N4O. The van der Waals surface area contributed by atoms with Gasteiger partial charge in [-0.05, 0) is 45.1 Å². The van der Waals surface area contributed by atoms with Crippen LogP contribution >= 0.6 is 0 Å². The predicted octanol–water partition coefficient (Wildman–Crippen LogP) is 4.10. The number of unbranched alkanes of at least 4 members (excludes halogenated alkanes) is 1. The molecule has 0 aromatic carbocycles. The van der Waals surface area contributed by atoms with Gasteiger partial charge < -0.3 is 5.32 Å². The first-order valence-corrected chi connectivity index (χ1v) is 9.24. The quantitative estimate of drug-likeness (QED) is 0.868. The Labute approximate surface area is 143 Å². The molecule has 1 saturated carbocycles. The van der Waals surface area contributed by atoms with E-state index in [0.717, 1.165) is 17.5 Å². The van der Waals surface area contributed by atoms with Crippen molar-refractivity contribution in [3.8, 4) is 0 Å². The van der Waals surface area contributed by atoms with Crippen molar-refractivity contribution in [1.82, 2.24) is 20.1 Å². The van der Waals surface area contributed by atoms with Crippen molar-refractivity contribution < 1.29 is 4.79 Å². The topological polar surface area (TPSA) is 59.8 Å². The van der Waals surface area contributed by atoms with Crippen molar-refractivity contribution in [2.24, 2.45) is 5.92 Å². The highest BCUT2D eigenvalue weighted by molar-refractivity contribution is 5.97. The van der Waals surface area contributed by atoms with Crippen LogP contribution in [-0.2, 0) is 0 Å². The highest BCUT2D eigenvalue weighted by Crippen LogP contribution is 2.30. The van der Waals surface area contributed by atoms with Crippen LogP contribution in [0.25, 0.3) is 11.0 Å². The standard InChI is InChI=1S/C19H28N4O/c1-4-5-7-14-8-6-9-17(14)22-19(24)16-10-15-12-21-23(13(2)3)18(15)20-11-16/h10-14,17H,4-9H2,1-3H3,(H,22,24). The van der Waals surface area contributed by atoms with E-state index < -0.39 is 0 Å². The third kappa shape index (κ3) is 3.45. The Morgan fingerprint density at radius 1 is 1.38 bits per heavy atom. The molecule has 2 aromatic heterocycles. The lowest BCUT2D eigenvalue weighted by molar-refractivity contribution is 0.0926. The third-order valence-corrected chi connectivity index (χ3v) is 5.09. The van der Waals surface area contributed by atoms with Crippen LogP contribution < -0.4 is 5.32 Å². The van der Waals surface area contributed by atoms with Gasteiger partial charge in [0.05, 0.1) is 11.8 Å². The first-order chi connectivity index (χ1) is 11.6. The number of nitrogens with zero attached hydrogens (tertiary/aromatic N) is 3. The number of carbonyl (C=O) groups excluding carboxylic acids is 1. The number of nitrogens with one attached hydrogen (secondary N) is 1. The summed E-state index contributed by atoms with van der Waals surface area (Å²) in [6.07, 6.45) is 10.7.